The number of aromatic nitrogens is 1. The van der Waals surface area contributed by atoms with Crippen LogP contribution in [0.1, 0.15) is 50.8 Å². The normalized spacial score (nSPS) is 15.7. The van der Waals surface area contributed by atoms with E-state index < -0.39 is 12.0 Å². The Morgan fingerprint density at radius 1 is 1.23 bits per heavy atom. The highest BCUT2D eigenvalue weighted by molar-refractivity contribution is 7.07. The molecule has 0 aliphatic carbocycles. The van der Waals surface area contributed by atoms with E-state index >= 15 is 0 Å². The van der Waals surface area contributed by atoms with Crippen molar-refractivity contribution >= 4 is 23.4 Å². The molecule has 3 heterocycles. The quantitative estimate of drug-likeness (QED) is 0.465. The van der Waals surface area contributed by atoms with Gasteiger partial charge in [0.25, 0.3) is 5.56 Å². The van der Waals surface area contributed by atoms with E-state index in [1.165, 1.54) is 15.9 Å². The molecule has 1 atom stereocenters. The highest BCUT2D eigenvalue weighted by Gasteiger charge is 2.34. The summed E-state index contributed by atoms with van der Waals surface area (Å²) in [6.07, 6.45) is 1.65. The number of allylic oxidation sites excluding steroid dienone is 1. The van der Waals surface area contributed by atoms with E-state index in [-0.39, 0.29) is 18.3 Å². The number of carbonyl (C=O) groups is 1. The molecular weight excluding hydrogens is 468 g/mol. The van der Waals surface area contributed by atoms with Crippen LogP contribution in [0.4, 0.5) is 0 Å². The number of furan rings is 1. The van der Waals surface area contributed by atoms with Gasteiger partial charge < -0.3 is 18.6 Å². The van der Waals surface area contributed by atoms with Gasteiger partial charge in [0.2, 0.25) is 0 Å². The Kier molecular flexibility index (Phi) is 6.98. The summed E-state index contributed by atoms with van der Waals surface area (Å²) in [7, 11) is 1.55. The molecule has 0 saturated heterocycles. The molecule has 1 aromatic carbocycles. The predicted octanol–water partition coefficient (Wildman–Crippen LogP) is 3.50. The Morgan fingerprint density at radius 2 is 2.00 bits per heavy atom. The second-order valence-electron chi connectivity index (χ2n) is 8.33. The van der Waals surface area contributed by atoms with Crippen molar-refractivity contribution in [2.24, 2.45) is 4.99 Å². The zero-order valence-corrected chi connectivity index (χ0v) is 21.4. The third-order valence-corrected chi connectivity index (χ3v) is 6.40. The summed E-state index contributed by atoms with van der Waals surface area (Å²) in [5, 5.41) is 0. The Bertz CT molecular complexity index is 1470. The molecule has 9 heteroatoms. The number of benzene rings is 1. The lowest BCUT2D eigenvalue weighted by molar-refractivity contribution is -0.139. The molecule has 0 unspecified atom stereocenters. The van der Waals surface area contributed by atoms with Gasteiger partial charge in [-0.3, -0.25) is 9.36 Å². The molecule has 35 heavy (non-hydrogen) atoms. The molecule has 184 valence electrons. The second-order valence-corrected chi connectivity index (χ2v) is 9.34. The van der Waals surface area contributed by atoms with Crippen LogP contribution < -0.4 is 24.4 Å². The van der Waals surface area contributed by atoms with Gasteiger partial charge in [-0.15, -0.1) is 0 Å². The number of esters is 1. The van der Waals surface area contributed by atoms with Crippen molar-refractivity contribution in [3.63, 3.8) is 0 Å². The lowest BCUT2D eigenvalue weighted by Crippen LogP contribution is -2.40. The SMILES string of the molecule is CCOC(=O)C1=C(C)N=c2s/c(=C\c3ccc(C)o3)c(=O)n2[C@@H]1c1ccc(OC(C)C)c(OC)c1. The van der Waals surface area contributed by atoms with Crippen LogP contribution >= 0.6 is 11.3 Å². The zero-order chi connectivity index (χ0) is 25.3. The van der Waals surface area contributed by atoms with Crippen molar-refractivity contribution in [3.8, 4) is 11.5 Å². The second kappa shape index (κ2) is 9.95. The average Bonchev–Trinajstić information content (AvgIpc) is 3.35. The number of hydrogen-bond donors (Lipinski definition) is 0. The standard InChI is InChI=1S/C26H28N2O6S/c1-7-32-25(30)22-16(5)27-26-28(24(29)21(35-26)13-18-10-8-15(4)34-18)23(22)17-9-11-19(33-14(2)3)20(12-17)31-6/h8-14,23H,7H2,1-6H3/b21-13-/t23-/m1/s1. The molecule has 2 aromatic heterocycles. The van der Waals surface area contributed by atoms with Gasteiger partial charge in [0, 0.05) is 6.08 Å². The van der Waals surface area contributed by atoms with Crippen LogP contribution in [0, 0.1) is 6.92 Å². The molecule has 0 fully saturated rings. The molecule has 0 spiro atoms. The van der Waals surface area contributed by atoms with Gasteiger partial charge in [0.15, 0.2) is 16.3 Å². The first-order chi connectivity index (χ1) is 16.7. The van der Waals surface area contributed by atoms with Crippen LogP contribution in [0.3, 0.4) is 0 Å². The maximum atomic E-state index is 13.6. The summed E-state index contributed by atoms with van der Waals surface area (Å²) in [5.74, 6) is 1.88. The van der Waals surface area contributed by atoms with Crippen LogP contribution in [0.25, 0.3) is 6.08 Å². The van der Waals surface area contributed by atoms with Gasteiger partial charge in [-0.25, -0.2) is 9.79 Å². The fourth-order valence-electron chi connectivity index (χ4n) is 3.97. The third kappa shape index (κ3) is 4.81. The van der Waals surface area contributed by atoms with Crippen molar-refractivity contribution in [1.82, 2.24) is 4.57 Å². The lowest BCUT2D eigenvalue weighted by atomic mass is 9.95. The minimum absolute atomic E-state index is 0.0464. The van der Waals surface area contributed by atoms with E-state index in [2.05, 4.69) is 4.99 Å². The van der Waals surface area contributed by atoms with E-state index in [4.69, 9.17) is 18.6 Å². The van der Waals surface area contributed by atoms with Crippen molar-refractivity contribution in [2.75, 3.05) is 13.7 Å². The highest BCUT2D eigenvalue weighted by Crippen LogP contribution is 2.36. The van der Waals surface area contributed by atoms with Gasteiger partial charge in [0.05, 0.1) is 41.7 Å². The smallest absolute Gasteiger partial charge is 0.338 e. The summed E-state index contributed by atoms with van der Waals surface area (Å²) in [6, 6.07) is 8.30. The number of nitrogens with zero attached hydrogens (tertiary/aromatic N) is 2. The summed E-state index contributed by atoms with van der Waals surface area (Å²) >= 11 is 1.24. The largest absolute Gasteiger partial charge is 0.493 e. The third-order valence-electron chi connectivity index (χ3n) is 5.42. The molecule has 0 amide bonds. The van der Waals surface area contributed by atoms with Gasteiger partial charge >= 0.3 is 5.97 Å². The summed E-state index contributed by atoms with van der Waals surface area (Å²) in [6.45, 7) is 9.39. The van der Waals surface area contributed by atoms with Gasteiger partial charge in [-0.2, -0.15) is 0 Å². The molecule has 0 saturated carbocycles. The average molecular weight is 497 g/mol. The Hall–Kier alpha value is -3.59. The number of aryl methyl sites for hydroxylation is 1. The van der Waals surface area contributed by atoms with E-state index in [0.29, 0.717) is 43.4 Å². The maximum absolute atomic E-state index is 13.6. The van der Waals surface area contributed by atoms with E-state index in [1.54, 1.807) is 45.2 Å². The molecule has 4 rings (SSSR count). The van der Waals surface area contributed by atoms with E-state index in [1.807, 2.05) is 32.9 Å². The highest BCUT2D eigenvalue weighted by atomic mass is 32.1. The number of fused-ring (bicyclic) bond motifs is 1. The number of carbonyl (C=O) groups excluding carboxylic acids is 1. The van der Waals surface area contributed by atoms with Crippen molar-refractivity contribution in [3.05, 3.63) is 78.4 Å². The number of ether oxygens (including phenoxy) is 3. The number of hydrogen-bond acceptors (Lipinski definition) is 8. The van der Waals surface area contributed by atoms with Crippen molar-refractivity contribution in [2.45, 2.75) is 46.8 Å². The molecule has 0 radical (unpaired) electrons. The van der Waals surface area contributed by atoms with E-state index in [0.717, 1.165) is 5.76 Å². The number of rotatable bonds is 7. The molecular formula is C26H28N2O6S. The Labute approximate surface area is 206 Å². The van der Waals surface area contributed by atoms with Crippen LogP contribution in [-0.2, 0) is 9.53 Å². The summed E-state index contributed by atoms with van der Waals surface area (Å²) < 4.78 is 24.4. The summed E-state index contributed by atoms with van der Waals surface area (Å²) in [4.78, 5) is 31.7. The molecule has 1 aliphatic heterocycles. The first-order valence-corrected chi connectivity index (χ1v) is 12.2. The van der Waals surface area contributed by atoms with Crippen LogP contribution in [0.15, 0.2) is 55.8 Å². The monoisotopic (exact) mass is 496 g/mol. The molecule has 8 nitrogen and oxygen atoms in total. The Morgan fingerprint density at radius 3 is 2.63 bits per heavy atom. The van der Waals surface area contributed by atoms with Gasteiger partial charge in [-0.1, -0.05) is 17.4 Å². The lowest BCUT2D eigenvalue weighted by Gasteiger charge is -2.25. The topological polar surface area (TPSA) is 92.3 Å². The zero-order valence-electron chi connectivity index (χ0n) is 20.6. The predicted molar refractivity (Wildman–Crippen MR) is 133 cm³/mol. The fraction of sp³-hybridized carbons (Fsp3) is 0.346. The van der Waals surface area contributed by atoms with Crippen LogP contribution in [0.5, 0.6) is 11.5 Å². The van der Waals surface area contributed by atoms with Crippen molar-refractivity contribution < 1.29 is 23.4 Å². The first kappa shape index (κ1) is 24.5. The first-order valence-electron chi connectivity index (χ1n) is 11.3. The number of methoxy groups -OCH3 is 1. The van der Waals surface area contributed by atoms with Gasteiger partial charge in [-0.05, 0) is 64.4 Å². The number of thiazole rings is 1. The molecule has 3 aromatic rings. The minimum Gasteiger partial charge on any atom is -0.493 e. The van der Waals surface area contributed by atoms with Crippen LogP contribution in [0.2, 0.25) is 0 Å². The molecule has 0 bridgehead atoms. The van der Waals surface area contributed by atoms with E-state index in [9.17, 15) is 9.59 Å². The molecule has 1 aliphatic rings. The maximum Gasteiger partial charge on any atom is 0.338 e. The van der Waals surface area contributed by atoms with Crippen molar-refractivity contribution in [1.29, 1.82) is 0 Å². The van der Waals surface area contributed by atoms with Gasteiger partial charge in [0.1, 0.15) is 11.5 Å². The summed E-state index contributed by atoms with van der Waals surface area (Å²) in [5.41, 5.74) is 1.20. The van der Waals surface area contributed by atoms with Crippen LogP contribution in [-0.4, -0.2) is 30.4 Å². The fourth-order valence-corrected chi connectivity index (χ4v) is 5.00. The molecule has 0 N–H and O–H groups in total. The Balaban J connectivity index is 1.94. The minimum atomic E-state index is -0.743.